The van der Waals surface area contributed by atoms with Crippen LogP contribution in [0.4, 0.5) is 5.69 Å². The molecule has 0 saturated carbocycles. The molecule has 20 heavy (non-hydrogen) atoms. The second kappa shape index (κ2) is 5.44. The molecular formula is C15H11NO4. The lowest BCUT2D eigenvalue weighted by molar-refractivity contribution is -0.384. The number of carbonyl (C=O) groups is 2. The second-order valence-corrected chi connectivity index (χ2v) is 4.33. The number of carbonyl (C=O) groups excluding carboxylic acids is 2. The summed E-state index contributed by atoms with van der Waals surface area (Å²) in [6.45, 7) is 1.87. The predicted octanol–water partition coefficient (Wildman–Crippen LogP) is 2.97. The summed E-state index contributed by atoms with van der Waals surface area (Å²) < 4.78 is 0. The van der Waals surface area contributed by atoms with E-state index in [-0.39, 0.29) is 16.8 Å². The van der Waals surface area contributed by atoms with Crippen LogP contribution < -0.4 is 0 Å². The molecule has 0 unspecified atom stereocenters. The molecule has 0 heterocycles. The fourth-order valence-corrected chi connectivity index (χ4v) is 1.73. The van der Waals surface area contributed by atoms with Gasteiger partial charge in [-0.15, -0.1) is 0 Å². The molecular weight excluding hydrogens is 258 g/mol. The van der Waals surface area contributed by atoms with Gasteiger partial charge in [0.25, 0.3) is 5.69 Å². The molecule has 0 radical (unpaired) electrons. The minimum atomic E-state index is -0.752. The number of nitrogens with zero attached hydrogens (tertiary/aromatic N) is 1. The van der Waals surface area contributed by atoms with Crippen LogP contribution in [0.15, 0.2) is 48.5 Å². The first-order valence-corrected chi connectivity index (χ1v) is 5.89. The normalized spacial score (nSPS) is 10.1. The van der Waals surface area contributed by atoms with E-state index in [9.17, 15) is 19.7 Å². The van der Waals surface area contributed by atoms with E-state index in [1.807, 2.05) is 6.92 Å². The van der Waals surface area contributed by atoms with Crippen LogP contribution in [-0.2, 0) is 0 Å². The molecule has 0 aliphatic rings. The van der Waals surface area contributed by atoms with E-state index in [1.165, 1.54) is 18.2 Å². The smallest absolute Gasteiger partial charge is 0.270 e. The van der Waals surface area contributed by atoms with Crippen molar-refractivity contribution in [2.45, 2.75) is 6.92 Å². The van der Waals surface area contributed by atoms with Gasteiger partial charge in [-0.05, 0) is 6.92 Å². The monoisotopic (exact) mass is 269 g/mol. The van der Waals surface area contributed by atoms with Crippen molar-refractivity contribution in [3.05, 3.63) is 75.3 Å². The molecule has 0 aliphatic carbocycles. The van der Waals surface area contributed by atoms with Crippen LogP contribution in [0, 0.1) is 17.0 Å². The van der Waals surface area contributed by atoms with E-state index in [2.05, 4.69) is 0 Å². The van der Waals surface area contributed by atoms with Gasteiger partial charge in [-0.1, -0.05) is 42.0 Å². The quantitative estimate of drug-likeness (QED) is 0.370. The first-order chi connectivity index (χ1) is 9.49. The summed E-state index contributed by atoms with van der Waals surface area (Å²) >= 11 is 0. The lowest BCUT2D eigenvalue weighted by Crippen LogP contribution is -2.14. The first-order valence-electron chi connectivity index (χ1n) is 5.89. The van der Waals surface area contributed by atoms with Crippen LogP contribution in [0.25, 0.3) is 0 Å². The lowest BCUT2D eigenvalue weighted by atomic mass is 10.0. The van der Waals surface area contributed by atoms with Gasteiger partial charge in [-0.25, -0.2) is 0 Å². The maximum atomic E-state index is 12.0. The minimum Gasteiger partial charge on any atom is -0.285 e. The second-order valence-electron chi connectivity index (χ2n) is 4.33. The fourth-order valence-electron chi connectivity index (χ4n) is 1.73. The Hall–Kier alpha value is -2.82. The number of nitro groups is 1. The van der Waals surface area contributed by atoms with E-state index in [0.29, 0.717) is 0 Å². The van der Waals surface area contributed by atoms with Crippen molar-refractivity contribution in [2.75, 3.05) is 0 Å². The van der Waals surface area contributed by atoms with Crippen molar-refractivity contribution >= 4 is 17.3 Å². The number of non-ortho nitro benzene ring substituents is 1. The van der Waals surface area contributed by atoms with Crippen molar-refractivity contribution < 1.29 is 14.5 Å². The Balaban J connectivity index is 2.31. The summed E-state index contributed by atoms with van der Waals surface area (Å²) in [7, 11) is 0. The Bertz CT molecular complexity index is 689. The predicted molar refractivity (Wildman–Crippen MR) is 72.9 cm³/mol. The van der Waals surface area contributed by atoms with Crippen molar-refractivity contribution in [1.82, 2.24) is 0 Å². The Labute approximate surface area is 115 Å². The van der Waals surface area contributed by atoms with Gasteiger partial charge in [0.05, 0.1) is 4.92 Å². The highest BCUT2D eigenvalue weighted by atomic mass is 16.6. The van der Waals surface area contributed by atoms with Crippen molar-refractivity contribution in [3.63, 3.8) is 0 Å². The van der Waals surface area contributed by atoms with Crippen molar-refractivity contribution in [2.24, 2.45) is 0 Å². The standard InChI is InChI=1S/C15H11NO4/c1-10-5-7-11(8-6-10)14(17)15(18)12-3-2-4-13(9-12)16(19)20/h2-9H,1H3. The van der Waals surface area contributed by atoms with Crippen LogP contribution >= 0.6 is 0 Å². The van der Waals surface area contributed by atoms with Gasteiger partial charge in [0.1, 0.15) is 0 Å². The van der Waals surface area contributed by atoms with Crippen molar-refractivity contribution in [3.8, 4) is 0 Å². The van der Waals surface area contributed by atoms with Gasteiger partial charge < -0.3 is 0 Å². The summed E-state index contributed by atoms with van der Waals surface area (Å²) in [5.74, 6) is -1.43. The van der Waals surface area contributed by atoms with Crippen LogP contribution in [0.1, 0.15) is 26.3 Å². The molecule has 0 aromatic heterocycles. The summed E-state index contributed by atoms with van der Waals surface area (Å²) in [5, 5.41) is 10.7. The first kappa shape index (κ1) is 13.6. The van der Waals surface area contributed by atoms with Gasteiger partial charge in [0.15, 0.2) is 0 Å². The zero-order valence-electron chi connectivity index (χ0n) is 10.7. The molecule has 0 fully saturated rings. The summed E-state index contributed by atoms with van der Waals surface area (Å²) in [4.78, 5) is 34.1. The van der Waals surface area contributed by atoms with Crippen LogP contribution in [0.5, 0.6) is 0 Å². The minimum absolute atomic E-state index is 0.0183. The van der Waals surface area contributed by atoms with Crippen LogP contribution in [-0.4, -0.2) is 16.5 Å². The third kappa shape index (κ3) is 2.77. The highest BCUT2D eigenvalue weighted by Crippen LogP contribution is 2.15. The molecule has 5 heteroatoms. The van der Waals surface area contributed by atoms with E-state index in [0.717, 1.165) is 11.6 Å². The van der Waals surface area contributed by atoms with Gasteiger partial charge >= 0.3 is 0 Å². The molecule has 0 saturated heterocycles. The van der Waals surface area contributed by atoms with E-state index in [4.69, 9.17) is 0 Å². The molecule has 0 bridgehead atoms. The van der Waals surface area contributed by atoms with Gasteiger partial charge in [0.2, 0.25) is 11.6 Å². The summed E-state index contributed by atoms with van der Waals surface area (Å²) in [5.41, 5.74) is 1.05. The summed E-state index contributed by atoms with van der Waals surface area (Å²) in [6, 6.07) is 11.7. The number of hydrogen-bond donors (Lipinski definition) is 0. The molecule has 2 aromatic rings. The zero-order valence-corrected chi connectivity index (χ0v) is 10.7. The lowest BCUT2D eigenvalue weighted by Gasteiger charge is -2.01. The Morgan fingerprint density at radius 3 is 2.15 bits per heavy atom. The average Bonchev–Trinajstić information content (AvgIpc) is 2.46. The molecule has 2 rings (SSSR count). The maximum Gasteiger partial charge on any atom is 0.270 e. The van der Waals surface area contributed by atoms with Crippen LogP contribution in [0.2, 0.25) is 0 Å². The fraction of sp³-hybridized carbons (Fsp3) is 0.0667. The molecule has 5 nitrogen and oxygen atoms in total. The highest BCUT2D eigenvalue weighted by Gasteiger charge is 2.20. The number of aryl methyl sites for hydroxylation is 1. The number of hydrogen-bond acceptors (Lipinski definition) is 4. The Kier molecular flexibility index (Phi) is 3.70. The SMILES string of the molecule is Cc1ccc(C(=O)C(=O)c2cccc([N+](=O)[O-])c2)cc1. The van der Waals surface area contributed by atoms with Gasteiger partial charge in [-0.3, -0.25) is 19.7 Å². The van der Waals surface area contributed by atoms with E-state index in [1.54, 1.807) is 24.3 Å². The molecule has 0 aliphatic heterocycles. The third-order valence-electron chi connectivity index (χ3n) is 2.84. The van der Waals surface area contributed by atoms with Gasteiger partial charge in [0, 0.05) is 23.3 Å². The molecule has 0 atom stereocenters. The van der Waals surface area contributed by atoms with Crippen LogP contribution in [0.3, 0.4) is 0 Å². The number of rotatable bonds is 4. The molecule has 0 amide bonds. The number of Topliss-reactive ketones (excluding diaryl/α,β-unsaturated/α-hetero) is 2. The maximum absolute atomic E-state index is 12.0. The molecule has 0 N–H and O–H groups in total. The van der Waals surface area contributed by atoms with E-state index < -0.39 is 16.5 Å². The third-order valence-corrected chi connectivity index (χ3v) is 2.84. The number of benzene rings is 2. The Morgan fingerprint density at radius 2 is 1.55 bits per heavy atom. The molecule has 100 valence electrons. The van der Waals surface area contributed by atoms with Gasteiger partial charge in [-0.2, -0.15) is 0 Å². The number of ketones is 2. The molecule has 0 spiro atoms. The average molecular weight is 269 g/mol. The largest absolute Gasteiger partial charge is 0.285 e. The Morgan fingerprint density at radius 1 is 0.950 bits per heavy atom. The van der Waals surface area contributed by atoms with E-state index >= 15 is 0 Å². The van der Waals surface area contributed by atoms with Crippen molar-refractivity contribution in [1.29, 1.82) is 0 Å². The summed E-state index contributed by atoms with van der Waals surface area (Å²) in [6.07, 6.45) is 0. The highest BCUT2D eigenvalue weighted by molar-refractivity contribution is 6.49. The topological polar surface area (TPSA) is 77.3 Å². The number of nitro benzene ring substituents is 1. The molecule has 2 aromatic carbocycles. The zero-order chi connectivity index (χ0) is 14.7.